The molecule has 1 heterocycles. The summed E-state index contributed by atoms with van der Waals surface area (Å²) < 4.78 is 26.9. The van der Waals surface area contributed by atoms with Gasteiger partial charge in [-0.3, -0.25) is 4.79 Å². The van der Waals surface area contributed by atoms with Crippen LogP contribution < -0.4 is 5.32 Å². The van der Waals surface area contributed by atoms with Crippen LogP contribution in [0.5, 0.6) is 0 Å². The standard InChI is InChI=1S/C12H13F2IN2O/c13-12(14)5-3-8(4-6-12)11(18)17-10-2-1-9(15)7-16-10/h1-2,7-8H,3-6H2,(H,16,17,18). The monoisotopic (exact) mass is 366 g/mol. The summed E-state index contributed by atoms with van der Waals surface area (Å²) in [7, 11) is 0. The molecule has 1 aliphatic carbocycles. The second kappa shape index (κ2) is 5.46. The van der Waals surface area contributed by atoms with Crippen LogP contribution in [0.15, 0.2) is 18.3 Å². The number of pyridine rings is 1. The molecule has 1 aliphatic rings. The highest BCUT2D eigenvalue weighted by Gasteiger charge is 2.37. The number of aromatic nitrogens is 1. The van der Waals surface area contributed by atoms with E-state index in [1.165, 1.54) is 0 Å². The van der Waals surface area contributed by atoms with Crippen LogP contribution in [0.25, 0.3) is 0 Å². The molecule has 3 nitrogen and oxygen atoms in total. The van der Waals surface area contributed by atoms with Crippen molar-refractivity contribution in [1.29, 1.82) is 0 Å². The van der Waals surface area contributed by atoms with Crippen molar-refractivity contribution >= 4 is 34.3 Å². The highest BCUT2D eigenvalue weighted by Crippen LogP contribution is 2.36. The van der Waals surface area contributed by atoms with Crippen LogP contribution in [0.3, 0.4) is 0 Å². The number of alkyl halides is 2. The molecule has 1 aromatic heterocycles. The normalized spacial score (nSPS) is 19.5. The van der Waals surface area contributed by atoms with Crippen LogP contribution in [0.1, 0.15) is 25.7 Å². The van der Waals surface area contributed by atoms with Gasteiger partial charge in [0.2, 0.25) is 11.8 Å². The topological polar surface area (TPSA) is 42.0 Å². The molecule has 0 spiro atoms. The van der Waals surface area contributed by atoms with E-state index in [2.05, 4.69) is 32.9 Å². The van der Waals surface area contributed by atoms with Crippen molar-refractivity contribution < 1.29 is 13.6 Å². The van der Waals surface area contributed by atoms with E-state index in [0.29, 0.717) is 5.82 Å². The summed E-state index contributed by atoms with van der Waals surface area (Å²) >= 11 is 2.12. The van der Waals surface area contributed by atoms with Crippen molar-refractivity contribution in [2.24, 2.45) is 5.92 Å². The molecule has 6 heteroatoms. The van der Waals surface area contributed by atoms with E-state index in [1.54, 1.807) is 12.3 Å². The molecule has 98 valence electrons. The van der Waals surface area contributed by atoms with E-state index in [0.717, 1.165) is 3.57 Å². The molecule has 2 rings (SSSR count). The molecule has 1 fully saturated rings. The zero-order valence-corrected chi connectivity index (χ0v) is 11.8. The molecule has 0 atom stereocenters. The number of rotatable bonds is 2. The van der Waals surface area contributed by atoms with Crippen LogP contribution >= 0.6 is 22.6 Å². The lowest BCUT2D eigenvalue weighted by atomic mass is 9.86. The van der Waals surface area contributed by atoms with Crippen molar-refractivity contribution in [3.63, 3.8) is 0 Å². The number of hydrogen-bond donors (Lipinski definition) is 1. The van der Waals surface area contributed by atoms with E-state index in [1.807, 2.05) is 6.07 Å². The van der Waals surface area contributed by atoms with Gasteiger partial charge in [0.15, 0.2) is 0 Å². The number of carbonyl (C=O) groups excluding carboxylic acids is 1. The fourth-order valence-electron chi connectivity index (χ4n) is 1.98. The molecular formula is C12H13F2IN2O. The number of hydrogen-bond acceptors (Lipinski definition) is 2. The van der Waals surface area contributed by atoms with E-state index in [9.17, 15) is 13.6 Å². The summed E-state index contributed by atoms with van der Waals surface area (Å²) in [5, 5.41) is 2.67. The third-order valence-corrected chi connectivity index (χ3v) is 3.70. The fraction of sp³-hybridized carbons (Fsp3) is 0.500. The number of nitrogens with one attached hydrogen (secondary N) is 1. The highest BCUT2D eigenvalue weighted by molar-refractivity contribution is 14.1. The SMILES string of the molecule is O=C(Nc1ccc(I)cn1)C1CCC(F)(F)CC1. The Morgan fingerprint density at radius 2 is 2.06 bits per heavy atom. The molecule has 0 bridgehead atoms. The van der Waals surface area contributed by atoms with Gasteiger partial charge in [-0.2, -0.15) is 0 Å². The quantitative estimate of drug-likeness (QED) is 0.815. The molecule has 0 unspecified atom stereocenters. The largest absolute Gasteiger partial charge is 0.310 e. The third kappa shape index (κ3) is 3.60. The predicted molar refractivity (Wildman–Crippen MR) is 72.5 cm³/mol. The highest BCUT2D eigenvalue weighted by atomic mass is 127. The first-order valence-corrected chi connectivity index (χ1v) is 6.84. The lowest BCUT2D eigenvalue weighted by molar-refractivity contribution is -0.124. The summed E-state index contributed by atoms with van der Waals surface area (Å²) in [6.07, 6.45) is 1.72. The van der Waals surface area contributed by atoms with E-state index in [4.69, 9.17) is 0 Å². The van der Waals surface area contributed by atoms with Crippen LogP contribution in [-0.4, -0.2) is 16.8 Å². The fourth-order valence-corrected chi connectivity index (χ4v) is 2.30. The number of nitrogens with zero attached hydrogens (tertiary/aromatic N) is 1. The summed E-state index contributed by atoms with van der Waals surface area (Å²) in [6.45, 7) is 0. The Balaban J connectivity index is 1.91. The summed E-state index contributed by atoms with van der Waals surface area (Å²) in [6, 6.07) is 3.54. The molecule has 1 aromatic rings. The van der Waals surface area contributed by atoms with Crippen LogP contribution in [0, 0.1) is 9.49 Å². The molecular weight excluding hydrogens is 353 g/mol. The first kappa shape index (κ1) is 13.6. The van der Waals surface area contributed by atoms with E-state index in [-0.39, 0.29) is 37.5 Å². The molecule has 18 heavy (non-hydrogen) atoms. The van der Waals surface area contributed by atoms with Gasteiger partial charge >= 0.3 is 0 Å². The summed E-state index contributed by atoms with van der Waals surface area (Å²) in [4.78, 5) is 15.9. The zero-order chi connectivity index (χ0) is 13.2. The zero-order valence-electron chi connectivity index (χ0n) is 9.63. The Kier molecular flexibility index (Phi) is 4.14. The minimum atomic E-state index is -2.60. The maximum atomic E-state index is 13.0. The summed E-state index contributed by atoms with van der Waals surface area (Å²) in [5.74, 6) is -2.67. The average molecular weight is 366 g/mol. The molecule has 0 saturated heterocycles. The van der Waals surface area contributed by atoms with Crippen LogP contribution in [-0.2, 0) is 4.79 Å². The lowest BCUT2D eigenvalue weighted by Crippen LogP contribution is -2.32. The van der Waals surface area contributed by atoms with Crippen LogP contribution in [0.2, 0.25) is 0 Å². The van der Waals surface area contributed by atoms with Gasteiger partial charge in [0.05, 0.1) is 0 Å². The van der Waals surface area contributed by atoms with Gasteiger partial charge in [-0.15, -0.1) is 0 Å². The van der Waals surface area contributed by atoms with Gasteiger partial charge in [-0.1, -0.05) is 0 Å². The van der Waals surface area contributed by atoms with Crippen LogP contribution in [0.4, 0.5) is 14.6 Å². The van der Waals surface area contributed by atoms with Crippen molar-refractivity contribution in [3.05, 3.63) is 21.9 Å². The van der Waals surface area contributed by atoms with Gasteiger partial charge in [0.1, 0.15) is 5.82 Å². The summed E-state index contributed by atoms with van der Waals surface area (Å²) in [5.41, 5.74) is 0. The average Bonchev–Trinajstić information content (AvgIpc) is 2.32. The Morgan fingerprint density at radius 1 is 1.39 bits per heavy atom. The second-order valence-electron chi connectivity index (χ2n) is 4.48. The van der Waals surface area contributed by atoms with Crippen molar-refractivity contribution in [2.75, 3.05) is 5.32 Å². The third-order valence-electron chi connectivity index (χ3n) is 3.07. The molecule has 1 amide bonds. The maximum absolute atomic E-state index is 13.0. The first-order valence-electron chi connectivity index (χ1n) is 5.76. The van der Waals surface area contributed by atoms with Gasteiger partial charge in [-0.25, -0.2) is 13.8 Å². The number of amides is 1. The number of carbonyl (C=O) groups is 1. The molecule has 1 N–H and O–H groups in total. The molecule has 0 aromatic carbocycles. The predicted octanol–water partition coefficient (Wildman–Crippen LogP) is 3.45. The van der Waals surface area contributed by atoms with E-state index >= 15 is 0 Å². The van der Waals surface area contributed by atoms with Gasteiger partial charge in [0, 0.05) is 28.5 Å². The van der Waals surface area contributed by atoms with Crippen molar-refractivity contribution in [2.45, 2.75) is 31.6 Å². The van der Waals surface area contributed by atoms with E-state index < -0.39 is 5.92 Å². The Morgan fingerprint density at radius 3 is 2.61 bits per heavy atom. The lowest BCUT2D eigenvalue weighted by Gasteiger charge is -2.27. The minimum absolute atomic E-state index is 0.203. The van der Waals surface area contributed by atoms with Gasteiger partial charge in [-0.05, 0) is 47.6 Å². The van der Waals surface area contributed by atoms with Gasteiger partial charge < -0.3 is 5.32 Å². The Bertz CT molecular complexity index is 426. The molecule has 0 aliphatic heterocycles. The van der Waals surface area contributed by atoms with Crippen molar-refractivity contribution in [1.82, 2.24) is 4.98 Å². The Labute approximate surface area is 118 Å². The van der Waals surface area contributed by atoms with Gasteiger partial charge in [0.25, 0.3) is 0 Å². The first-order chi connectivity index (χ1) is 8.46. The maximum Gasteiger partial charge on any atom is 0.248 e. The number of halogens is 3. The second-order valence-corrected chi connectivity index (χ2v) is 5.73. The Hall–Kier alpha value is -0.790. The minimum Gasteiger partial charge on any atom is -0.310 e. The van der Waals surface area contributed by atoms with Crippen molar-refractivity contribution in [3.8, 4) is 0 Å². The smallest absolute Gasteiger partial charge is 0.248 e. The molecule has 1 saturated carbocycles. The number of anilines is 1. The molecule has 0 radical (unpaired) electrons.